The van der Waals surface area contributed by atoms with Gasteiger partial charge in [0.2, 0.25) is 17.7 Å². The van der Waals surface area contributed by atoms with Crippen LogP contribution in [0.1, 0.15) is 44.1 Å². The van der Waals surface area contributed by atoms with Gasteiger partial charge in [-0.15, -0.1) is 0 Å². The predicted octanol–water partition coefficient (Wildman–Crippen LogP) is -0.235. The number of carbonyl (C=O) groups excluding carboxylic acids is 3. The third kappa shape index (κ3) is 10.2. The fraction of sp³-hybridized carbons (Fsp3) is 0.538. The van der Waals surface area contributed by atoms with E-state index in [1.54, 1.807) is 6.20 Å². The number of hydrogen-bond donors (Lipinski definition) is 9. The Kier molecular flexibility index (Phi) is 13.8. The lowest BCUT2D eigenvalue weighted by Crippen LogP contribution is -2.57. The predicted molar refractivity (Wildman–Crippen MR) is 153 cm³/mol. The van der Waals surface area contributed by atoms with Crippen LogP contribution in [0.4, 0.5) is 0 Å². The molecule has 11 N–H and O–H groups in total. The number of para-hydroxylation sites is 1. The molecule has 0 saturated heterocycles. The van der Waals surface area contributed by atoms with Crippen molar-refractivity contribution in [3.05, 3.63) is 36.0 Å². The summed E-state index contributed by atoms with van der Waals surface area (Å²) in [5.74, 6) is -2.99. The first kappa shape index (κ1) is 32.1. The summed E-state index contributed by atoms with van der Waals surface area (Å²) < 4.78 is 0. The van der Waals surface area contributed by atoms with E-state index in [2.05, 4.69) is 33.6 Å². The molecular weight excluding hydrogens is 522 g/mol. The second-order valence-corrected chi connectivity index (χ2v) is 9.81. The Labute approximate surface area is 233 Å². The molecular formula is C26H41N7O5S. The number of carbonyl (C=O) groups is 4. The summed E-state index contributed by atoms with van der Waals surface area (Å²) in [6, 6.07) is 3.54. The van der Waals surface area contributed by atoms with Crippen LogP contribution in [0.2, 0.25) is 0 Å². The van der Waals surface area contributed by atoms with E-state index in [1.807, 2.05) is 24.3 Å². The molecule has 0 fully saturated rings. The first-order chi connectivity index (χ1) is 18.7. The van der Waals surface area contributed by atoms with Crippen LogP contribution in [0.5, 0.6) is 0 Å². The molecule has 4 atom stereocenters. The van der Waals surface area contributed by atoms with Gasteiger partial charge in [-0.3, -0.25) is 14.4 Å². The summed E-state index contributed by atoms with van der Waals surface area (Å²) in [4.78, 5) is 53.6. The number of nitrogens with two attached hydrogens (primary N) is 3. The second-order valence-electron chi connectivity index (χ2n) is 9.44. The van der Waals surface area contributed by atoms with Crippen molar-refractivity contribution in [3.63, 3.8) is 0 Å². The number of thiol groups is 1. The molecule has 0 aliphatic heterocycles. The minimum absolute atomic E-state index is 0.0364. The Morgan fingerprint density at radius 2 is 1.41 bits per heavy atom. The molecule has 4 unspecified atom stereocenters. The minimum atomic E-state index is -1.17. The fourth-order valence-electron chi connectivity index (χ4n) is 4.16. The van der Waals surface area contributed by atoms with Gasteiger partial charge in [-0.25, -0.2) is 4.79 Å². The van der Waals surface area contributed by atoms with Gasteiger partial charge in [0.15, 0.2) is 0 Å². The summed E-state index contributed by atoms with van der Waals surface area (Å²) in [6.07, 6.45) is 4.82. The van der Waals surface area contributed by atoms with E-state index in [4.69, 9.17) is 17.2 Å². The average Bonchev–Trinajstić information content (AvgIpc) is 3.32. The third-order valence-electron chi connectivity index (χ3n) is 6.41. The molecule has 0 spiro atoms. The molecule has 2 aromatic rings. The number of carboxylic acids is 1. The summed E-state index contributed by atoms with van der Waals surface area (Å²) in [5, 5.41) is 18.2. The fourth-order valence-corrected chi connectivity index (χ4v) is 4.42. The molecule has 0 saturated carbocycles. The zero-order valence-electron chi connectivity index (χ0n) is 22.0. The molecule has 0 aliphatic carbocycles. The zero-order chi connectivity index (χ0) is 28.8. The largest absolute Gasteiger partial charge is 0.480 e. The molecule has 12 nitrogen and oxygen atoms in total. The average molecular weight is 564 g/mol. The van der Waals surface area contributed by atoms with Crippen molar-refractivity contribution >= 4 is 47.2 Å². The number of unbranched alkanes of at least 4 members (excludes halogenated alkanes) is 2. The van der Waals surface area contributed by atoms with Crippen LogP contribution in [0.3, 0.4) is 0 Å². The number of benzene rings is 1. The number of aromatic amines is 1. The molecule has 1 aromatic heterocycles. The molecule has 0 bridgehead atoms. The van der Waals surface area contributed by atoms with Gasteiger partial charge in [0.25, 0.3) is 0 Å². The number of rotatable bonds is 18. The van der Waals surface area contributed by atoms with Crippen LogP contribution in [0, 0.1) is 0 Å². The van der Waals surface area contributed by atoms with Gasteiger partial charge in [0.1, 0.15) is 18.1 Å². The summed E-state index contributed by atoms with van der Waals surface area (Å²) in [5.41, 5.74) is 19.0. The van der Waals surface area contributed by atoms with Crippen LogP contribution in [-0.2, 0) is 25.6 Å². The Balaban J connectivity index is 2.03. The van der Waals surface area contributed by atoms with E-state index < -0.39 is 47.9 Å². The maximum atomic E-state index is 13.0. The van der Waals surface area contributed by atoms with Gasteiger partial charge >= 0.3 is 5.97 Å². The molecule has 1 heterocycles. The monoisotopic (exact) mass is 563 g/mol. The maximum absolute atomic E-state index is 13.0. The highest BCUT2D eigenvalue weighted by molar-refractivity contribution is 7.80. The topological polar surface area (TPSA) is 218 Å². The summed E-state index contributed by atoms with van der Waals surface area (Å²) in [6.45, 7) is 0.823. The lowest BCUT2D eigenvalue weighted by Gasteiger charge is -2.24. The number of H-pyrrole nitrogens is 1. The lowest BCUT2D eigenvalue weighted by molar-refractivity contribution is -0.142. The molecule has 39 heavy (non-hydrogen) atoms. The Morgan fingerprint density at radius 3 is 2.03 bits per heavy atom. The summed E-state index contributed by atoms with van der Waals surface area (Å²) in [7, 11) is 0. The van der Waals surface area contributed by atoms with E-state index in [1.165, 1.54) is 0 Å². The standard InChI is InChI=1S/C26H41N7O5S/c27-11-5-3-9-20(24(35)32-21(26(37)38)10-4-6-12-28)31-25(36)22(15-39)33-23(34)18(29)13-16-14-30-19-8-2-1-7-17(16)19/h1-2,7-8,14,18,20-22,30,39H,3-6,9-13,15,27-29H2,(H,31,36)(H,32,35)(H,33,34)(H,37,38). The number of amides is 3. The highest BCUT2D eigenvalue weighted by Crippen LogP contribution is 2.18. The molecule has 3 amide bonds. The van der Waals surface area contributed by atoms with Crippen molar-refractivity contribution in [3.8, 4) is 0 Å². The highest BCUT2D eigenvalue weighted by Gasteiger charge is 2.29. The van der Waals surface area contributed by atoms with E-state index >= 15 is 0 Å². The Hall–Kier alpha value is -3.13. The Bertz CT molecular complexity index is 1100. The van der Waals surface area contributed by atoms with Crippen molar-refractivity contribution < 1.29 is 24.3 Å². The molecule has 1 aromatic carbocycles. The Morgan fingerprint density at radius 1 is 0.846 bits per heavy atom. The normalized spacial score (nSPS) is 14.3. The first-order valence-electron chi connectivity index (χ1n) is 13.2. The molecule has 2 rings (SSSR count). The number of carboxylic acid groups (broad SMARTS) is 1. The van der Waals surface area contributed by atoms with Gasteiger partial charge < -0.3 is 43.2 Å². The third-order valence-corrected chi connectivity index (χ3v) is 6.77. The molecule has 0 aliphatic rings. The van der Waals surface area contributed by atoms with Crippen molar-refractivity contribution in [2.75, 3.05) is 18.8 Å². The van der Waals surface area contributed by atoms with Gasteiger partial charge in [0.05, 0.1) is 6.04 Å². The quantitative estimate of drug-likeness (QED) is 0.0868. The number of fused-ring (bicyclic) bond motifs is 1. The van der Waals surface area contributed by atoms with Gasteiger partial charge in [-0.1, -0.05) is 18.2 Å². The lowest BCUT2D eigenvalue weighted by atomic mass is 10.0. The van der Waals surface area contributed by atoms with E-state index in [9.17, 15) is 24.3 Å². The second kappa shape index (κ2) is 16.7. The van der Waals surface area contributed by atoms with E-state index in [0.717, 1.165) is 16.5 Å². The van der Waals surface area contributed by atoms with Crippen molar-refractivity contribution in [1.29, 1.82) is 0 Å². The maximum Gasteiger partial charge on any atom is 0.326 e. The molecule has 13 heteroatoms. The van der Waals surface area contributed by atoms with E-state index in [0.29, 0.717) is 38.8 Å². The smallest absolute Gasteiger partial charge is 0.326 e. The minimum Gasteiger partial charge on any atom is -0.480 e. The van der Waals surface area contributed by atoms with Crippen molar-refractivity contribution in [1.82, 2.24) is 20.9 Å². The van der Waals surface area contributed by atoms with Crippen LogP contribution in [0.15, 0.2) is 30.5 Å². The SMILES string of the molecule is NCCCCC(NC(=O)C(CCCCN)NC(=O)C(CS)NC(=O)C(N)Cc1c[nH]c2ccccc12)C(=O)O. The van der Waals surface area contributed by atoms with Crippen LogP contribution in [0.25, 0.3) is 10.9 Å². The molecule has 0 radical (unpaired) electrons. The van der Waals surface area contributed by atoms with Gasteiger partial charge in [-0.2, -0.15) is 12.6 Å². The van der Waals surface area contributed by atoms with Crippen molar-refractivity contribution in [2.45, 2.75) is 69.1 Å². The van der Waals surface area contributed by atoms with Gasteiger partial charge in [0, 0.05) is 22.9 Å². The van der Waals surface area contributed by atoms with Crippen LogP contribution in [-0.4, -0.2) is 76.8 Å². The number of hydrogen-bond acceptors (Lipinski definition) is 8. The molecule has 216 valence electrons. The first-order valence-corrected chi connectivity index (χ1v) is 13.8. The highest BCUT2D eigenvalue weighted by atomic mass is 32.1. The van der Waals surface area contributed by atoms with Crippen molar-refractivity contribution in [2.24, 2.45) is 17.2 Å². The van der Waals surface area contributed by atoms with E-state index in [-0.39, 0.29) is 25.0 Å². The van der Waals surface area contributed by atoms with Crippen LogP contribution >= 0.6 is 12.6 Å². The van der Waals surface area contributed by atoms with Crippen LogP contribution < -0.4 is 33.2 Å². The zero-order valence-corrected chi connectivity index (χ0v) is 22.9. The van der Waals surface area contributed by atoms with Gasteiger partial charge in [-0.05, 0) is 69.7 Å². The number of nitrogens with one attached hydrogen (secondary N) is 4. The summed E-state index contributed by atoms with van der Waals surface area (Å²) >= 11 is 4.20. The number of aliphatic carboxylic acids is 1. The number of aromatic nitrogens is 1.